The molecule has 3 rings (SSSR count). The Bertz CT molecular complexity index is 479. The van der Waals surface area contributed by atoms with Gasteiger partial charge in [0.05, 0.1) is 5.92 Å². The third kappa shape index (κ3) is 2.38. The van der Waals surface area contributed by atoms with Crippen LogP contribution in [0.3, 0.4) is 0 Å². The summed E-state index contributed by atoms with van der Waals surface area (Å²) in [6.07, 6.45) is 5.68. The molecule has 0 bridgehead atoms. The maximum absolute atomic E-state index is 12.2. The fourth-order valence-electron chi connectivity index (χ4n) is 3.37. The fraction of sp³-hybridized carbons (Fsp3) is 0.562. The third-order valence-electron chi connectivity index (χ3n) is 4.76. The first-order valence-electron chi connectivity index (χ1n) is 7.16. The molecule has 1 atom stereocenters. The van der Waals surface area contributed by atoms with Gasteiger partial charge in [0.25, 0.3) is 0 Å². The number of carbonyl (C=O) groups excluding carboxylic acids is 1. The van der Waals surface area contributed by atoms with Gasteiger partial charge in [0, 0.05) is 17.8 Å². The SMILES string of the molecule is O=C(NCC1(CCl)CCCC1)C1Cc2ccccc21. The Morgan fingerprint density at radius 3 is 2.74 bits per heavy atom. The molecule has 1 fully saturated rings. The smallest absolute Gasteiger partial charge is 0.227 e. The molecule has 1 amide bonds. The number of benzene rings is 1. The van der Waals surface area contributed by atoms with E-state index in [4.69, 9.17) is 11.6 Å². The highest BCUT2D eigenvalue weighted by molar-refractivity contribution is 6.18. The van der Waals surface area contributed by atoms with E-state index in [0.29, 0.717) is 5.88 Å². The topological polar surface area (TPSA) is 29.1 Å². The molecule has 0 saturated heterocycles. The Hall–Kier alpha value is -1.02. The first-order valence-corrected chi connectivity index (χ1v) is 7.69. The van der Waals surface area contributed by atoms with E-state index < -0.39 is 0 Å². The van der Waals surface area contributed by atoms with E-state index in [2.05, 4.69) is 17.4 Å². The predicted molar refractivity (Wildman–Crippen MR) is 77.5 cm³/mol. The molecule has 1 saturated carbocycles. The number of alkyl halides is 1. The van der Waals surface area contributed by atoms with Crippen molar-refractivity contribution in [2.24, 2.45) is 5.41 Å². The third-order valence-corrected chi connectivity index (χ3v) is 5.32. The summed E-state index contributed by atoms with van der Waals surface area (Å²) in [7, 11) is 0. The van der Waals surface area contributed by atoms with Crippen molar-refractivity contribution < 1.29 is 4.79 Å². The number of nitrogens with one attached hydrogen (secondary N) is 1. The quantitative estimate of drug-likeness (QED) is 0.841. The van der Waals surface area contributed by atoms with Crippen molar-refractivity contribution in [3.05, 3.63) is 35.4 Å². The molecular formula is C16H20ClNO. The number of hydrogen-bond donors (Lipinski definition) is 1. The summed E-state index contributed by atoms with van der Waals surface area (Å²) in [6.45, 7) is 0.744. The Balaban J connectivity index is 1.58. The van der Waals surface area contributed by atoms with Crippen LogP contribution < -0.4 is 5.32 Å². The lowest BCUT2D eigenvalue weighted by atomic mass is 9.77. The number of hydrogen-bond acceptors (Lipinski definition) is 1. The molecule has 102 valence electrons. The maximum Gasteiger partial charge on any atom is 0.227 e. The van der Waals surface area contributed by atoms with Crippen molar-refractivity contribution in [1.29, 1.82) is 0 Å². The van der Waals surface area contributed by atoms with Crippen LogP contribution in [0, 0.1) is 5.41 Å². The second-order valence-electron chi connectivity index (χ2n) is 6.01. The van der Waals surface area contributed by atoms with Crippen LogP contribution in [-0.4, -0.2) is 18.3 Å². The monoisotopic (exact) mass is 277 g/mol. The van der Waals surface area contributed by atoms with Gasteiger partial charge in [-0.25, -0.2) is 0 Å². The van der Waals surface area contributed by atoms with Crippen LogP contribution in [0.4, 0.5) is 0 Å². The second kappa shape index (κ2) is 5.16. The maximum atomic E-state index is 12.2. The molecule has 2 nitrogen and oxygen atoms in total. The summed E-state index contributed by atoms with van der Waals surface area (Å²) in [5.41, 5.74) is 2.67. The van der Waals surface area contributed by atoms with Gasteiger partial charge in [-0.1, -0.05) is 37.1 Å². The van der Waals surface area contributed by atoms with Crippen LogP contribution in [0.25, 0.3) is 0 Å². The van der Waals surface area contributed by atoms with E-state index in [0.717, 1.165) is 25.8 Å². The van der Waals surface area contributed by atoms with Gasteiger partial charge < -0.3 is 5.32 Å². The standard InChI is InChI=1S/C16H20ClNO/c17-10-16(7-3-4-8-16)11-18-15(19)14-9-12-5-1-2-6-13(12)14/h1-2,5-6,14H,3-4,7-11H2,(H,18,19). The number of halogens is 1. The van der Waals surface area contributed by atoms with Crippen LogP contribution in [0.2, 0.25) is 0 Å². The van der Waals surface area contributed by atoms with E-state index in [9.17, 15) is 4.79 Å². The molecule has 2 aliphatic carbocycles. The van der Waals surface area contributed by atoms with Gasteiger partial charge in [-0.05, 0) is 30.4 Å². The largest absolute Gasteiger partial charge is 0.355 e. The number of amides is 1. The summed E-state index contributed by atoms with van der Waals surface area (Å²) in [4.78, 5) is 12.2. The molecule has 1 unspecified atom stereocenters. The molecule has 19 heavy (non-hydrogen) atoms. The van der Waals surface area contributed by atoms with Crippen molar-refractivity contribution in [2.45, 2.75) is 38.0 Å². The van der Waals surface area contributed by atoms with Gasteiger partial charge in [-0.15, -0.1) is 11.6 Å². The molecule has 0 aromatic heterocycles. The fourth-order valence-corrected chi connectivity index (χ4v) is 3.73. The van der Waals surface area contributed by atoms with Crippen LogP contribution in [0.15, 0.2) is 24.3 Å². The van der Waals surface area contributed by atoms with E-state index >= 15 is 0 Å². The number of rotatable bonds is 4. The first-order chi connectivity index (χ1) is 9.24. The molecule has 1 aromatic rings. The normalized spacial score (nSPS) is 23.5. The lowest BCUT2D eigenvalue weighted by molar-refractivity contribution is -0.123. The van der Waals surface area contributed by atoms with Crippen LogP contribution >= 0.6 is 11.6 Å². The first kappa shape index (κ1) is 13.0. The van der Waals surface area contributed by atoms with E-state index in [1.54, 1.807) is 0 Å². The van der Waals surface area contributed by atoms with Crippen molar-refractivity contribution >= 4 is 17.5 Å². The molecule has 0 aliphatic heterocycles. The van der Waals surface area contributed by atoms with E-state index in [1.807, 2.05) is 12.1 Å². The van der Waals surface area contributed by atoms with Crippen LogP contribution in [0.1, 0.15) is 42.7 Å². The number of fused-ring (bicyclic) bond motifs is 1. The summed E-state index contributed by atoms with van der Waals surface area (Å²) in [5.74, 6) is 0.897. The zero-order valence-corrected chi connectivity index (χ0v) is 11.9. The van der Waals surface area contributed by atoms with Gasteiger partial charge in [-0.3, -0.25) is 4.79 Å². The predicted octanol–water partition coefficient (Wildman–Crippen LogP) is 3.24. The van der Waals surface area contributed by atoms with Gasteiger partial charge in [0.1, 0.15) is 0 Å². The minimum absolute atomic E-state index is 0.0602. The molecule has 1 aromatic carbocycles. The molecular weight excluding hydrogens is 258 g/mol. The average molecular weight is 278 g/mol. The van der Waals surface area contributed by atoms with Crippen molar-refractivity contribution in [2.75, 3.05) is 12.4 Å². The van der Waals surface area contributed by atoms with Crippen molar-refractivity contribution in [3.63, 3.8) is 0 Å². The second-order valence-corrected chi connectivity index (χ2v) is 6.28. The molecule has 1 N–H and O–H groups in total. The number of carbonyl (C=O) groups is 1. The molecule has 3 heteroatoms. The minimum atomic E-state index is 0.0602. The summed E-state index contributed by atoms with van der Waals surface area (Å²) >= 11 is 6.11. The van der Waals surface area contributed by atoms with Gasteiger partial charge in [-0.2, -0.15) is 0 Å². The van der Waals surface area contributed by atoms with Crippen LogP contribution in [-0.2, 0) is 11.2 Å². The summed E-state index contributed by atoms with van der Waals surface area (Å²) in [6, 6.07) is 8.22. The van der Waals surface area contributed by atoms with Crippen molar-refractivity contribution in [3.8, 4) is 0 Å². The van der Waals surface area contributed by atoms with E-state index in [1.165, 1.54) is 24.0 Å². The zero-order valence-electron chi connectivity index (χ0n) is 11.1. The summed E-state index contributed by atoms with van der Waals surface area (Å²) in [5, 5.41) is 3.14. The van der Waals surface area contributed by atoms with Gasteiger partial charge in [0.15, 0.2) is 0 Å². The molecule has 2 aliphatic rings. The van der Waals surface area contributed by atoms with Gasteiger partial charge >= 0.3 is 0 Å². The van der Waals surface area contributed by atoms with Crippen LogP contribution in [0.5, 0.6) is 0 Å². The Morgan fingerprint density at radius 1 is 1.32 bits per heavy atom. The lowest BCUT2D eigenvalue weighted by Gasteiger charge is -2.32. The Kier molecular flexibility index (Phi) is 3.53. The van der Waals surface area contributed by atoms with Crippen molar-refractivity contribution in [1.82, 2.24) is 5.32 Å². The molecule has 0 heterocycles. The summed E-state index contributed by atoms with van der Waals surface area (Å²) < 4.78 is 0. The van der Waals surface area contributed by atoms with Gasteiger partial charge in [0.2, 0.25) is 5.91 Å². The van der Waals surface area contributed by atoms with E-state index in [-0.39, 0.29) is 17.2 Å². The molecule has 0 radical (unpaired) electrons. The lowest BCUT2D eigenvalue weighted by Crippen LogP contribution is -2.41. The highest BCUT2D eigenvalue weighted by atomic mass is 35.5. The Labute approximate surface area is 119 Å². The average Bonchev–Trinajstić information content (AvgIpc) is 2.87. The highest BCUT2D eigenvalue weighted by Crippen LogP contribution is 2.39. The Morgan fingerprint density at radius 2 is 2.05 bits per heavy atom. The zero-order chi connectivity index (χ0) is 13.3. The highest BCUT2D eigenvalue weighted by Gasteiger charge is 2.36. The molecule has 0 spiro atoms. The minimum Gasteiger partial charge on any atom is -0.355 e.